The van der Waals surface area contributed by atoms with E-state index in [0.29, 0.717) is 34.5 Å². The lowest BCUT2D eigenvalue weighted by Gasteiger charge is -2.23. The van der Waals surface area contributed by atoms with E-state index in [1.807, 2.05) is 6.92 Å². The van der Waals surface area contributed by atoms with E-state index in [4.69, 9.17) is 30.5 Å². The third-order valence-corrected chi connectivity index (χ3v) is 8.02. The number of anilines is 1. The Morgan fingerprint density at radius 3 is 2.30 bits per heavy atom. The van der Waals surface area contributed by atoms with E-state index in [0.717, 1.165) is 6.42 Å². The maximum atomic E-state index is 13.6. The highest BCUT2D eigenvalue weighted by molar-refractivity contribution is 7.93. The summed E-state index contributed by atoms with van der Waals surface area (Å²) in [5, 5.41) is 7.71. The number of sulfonamides is 1. The Morgan fingerprint density at radius 2 is 1.76 bits per heavy atom. The number of para-hydroxylation sites is 1. The molecule has 1 N–H and O–H groups in total. The van der Waals surface area contributed by atoms with Crippen LogP contribution >= 0.6 is 11.6 Å². The number of benzene rings is 1. The lowest BCUT2D eigenvalue weighted by molar-refractivity contribution is 0.0492. The highest BCUT2D eigenvalue weighted by Crippen LogP contribution is 2.40. The molecule has 1 aliphatic rings. The maximum Gasteiger partial charge on any atom is 0.243 e. The summed E-state index contributed by atoms with van der Waals surface area (Å²) in [4.78, 5) is 8.24. The number of hydrogen-bond acceptors (Lipinski definition) is 10. The van der Waals surface area contributed by atoms with Gasteiger partial charge in [-0.25, -0.2) is 18.4 Å². The Hall–Kier alpha value is -3.00. The summed E-state index contributed by atoms with van der Waals surface area (Å²) in [7, 11) is 0.298. The van der Waals surface area contributed by atoms with Crippen LogP contribution in [0.15, 0.2) is 30.6 Å². The van der Waals surface area contributed by atoms with Crippen LogP contribution in [0.25, 0.3) is 5.69 Å². The molecule has 0 spiro atoms. The van der Waals surface area contributed by atoms with Crippen LogP contribution in [0.2, 0.25) is 5.02 Å². The molecule has 3 heterocycles. The van der Waals surface area contributed by atoms with E-state index in [9.17, 15) is 8.42 Å². The van der Waals surface area contributed by atoms with Gasteiger partial charge in [0.1, 0.15) is 34.6 Å². The van der Waals surface area contributed by atoms with Gasteiger partial charge in [0.25, 0.3) is 0 Å². The molecular weight excluding hydrogens is 524 g/mol. The molecule has 0 amide bonds. The molecule has 3 aromatic rings. The van der Waals surface area contributed by atoms with Crippen LogP contribution in [0.5, 0.6) is 11.5 Å². The molecular formula is C23H29ClN6O6S. The monoisotopic (exact) mass is 552 g/mol. The molecule has 4 rings (SSSR count). The summed E-state index contributed by atoms with van der Waals surface area (Å²) in [6.07, 6.45) is 2.92. The number of hydrogen-bond donors (Lipinski definition) is 1. The van der Waals surface area contributed by atoms with Gasteiger partial charge in [0.15, 0.2) is 11.6 Å². The van der Waals surface area contributed by atoms with E-state index >= 15 is 0 Å². The first-order valence-corrected chi connectivity index (χ1v) is 13.5. The summed E-state index contributed by atoms with van der Waals surface area (Å²) in [5.74, 6) is 1.40. The van der Waals surface area contributed by atoms with E-state index in [1.165, 1.54) is 40.6 Å². The predicted octanol–water partition coefficient (Wildman–Crippen LogP) is 3.49. The SMILES string of the molecule is COc1cccc(OC)c1-n1c(NS(=O)(=O)[C@@H](C)[C@H](OC)c2ncc(Cl)cn2)nnc1[C@H]1CC[C@@H](C)O1. The van der Waals surface area contributed by atoms with Gasteiger partial charge in [-0.2, -0.15) is 0 Å². The molecule has 37 heavy (non-hydrogen) atoms. The quantitative estimate of drug-likeness (QED) is 0.397. The molecule has 14 heteroatoms. The Kier molecular flexibility index (Phi) is 8.17. The fourth-order valence-corrected chi connectivity index (χ4v) is 5.42. The normalized spacial score (nSPS) is 19.4. The Bertz CT molecular complexity index is 1310. The van der Waals surface area contributed by atoms with Crippen molar-refractivity contribution < 1.29 is 27.4 Å². The van der Waals surface area contributed by atoms with Crippen molar-refractivity contribution in [1.82, 2.24) is 24.7 Å². The minimum atomic E-state index is -4.11. The average Bonchev–Trinajstić information content (AvgIpc) is 3.50. The molecule has 0 unspecified atom stereocenters. The molecule has 0 aliphatic carbocycles. The molecule has 2 aromatic heterocycles. The summed E-state index contributed by atoms with van der Waals surface area (Å²) >= 11 is 5.88. The van der Waals surface area contributed by atoms with Crippen molar-refractivity contribution in [2.24, 2.45) is 0 Å². The fraction of sp³-hybridized carbons (Fsp3) is 0.478. The number of methoxy groups -OCH3 is 3. The first-order valence-electron chi connectivity index (χ1n) is 11.5. The van der Waals surface area contributed by atoms with Gasteiger partial charge in [-0.05, 0) is 38.8 Å². The number of ether oxygens (including phenoxy) is 4. The predicted molar refractivity (Wildman–Crippen MR) is 136 cm³/mol. The maximum absolute atomic E-state index is 13.6. The van der Waals surface area contributed by atoms with Crippen molar-refractivity contribution in [3.8, 4) is 17.2 Å². The molecule has 1 fully saturated rings. The van der Waals surface area contributed by atoms with Gasteiger partial charge in [-0.15, -0.1) is 10.2 Å². The zero-order valence-corrected chi connectivity index (χ0v) is 22.7. The minimum Gasteiger partial charge on any atom is -0.494 e. The van der Waals surface area contributed by atoms with Crippen molar-refractivity contribution in [2.45, 2.75) is 50.3 Å². The Morgan fingerprint density at radius 1 is 1.11 bits per heavy atom. The van der Waals surface area contributed by atoms with Crippen molar-refractivity contribution in [3.63, 3.8) is 0 Å². The molecule has 0 radical (unpaired) electrons. The number of aromatic nitrogens is 5. The van der Waals surface area contributed by atoms with E-state index < -0.39 is 27.5 Å². The summed E-state index contributed by atoms with van der Waals surface area (Å²) in [5.41, 5.74) is 0.435. The van der Waals surface area contributed by atoms with Gasteiger partial charge in [-0.1, -0.05) is 17.7 Å². The zero-order valence-electron chi connectivity index (χ0n) is 21.1. The molecule has 1 saturated heterocycles. The van der Waals surface area contributed by atoms with Crippen molar-refractivity contribution in [1.29, 1.82) is 0 Å². The second-order valence-electron chi connectivity index (χ2n) is 8.51. The summed E-state index contributed by atoms with van der Waals surface area (Å²) < 4.78 is 53.9. The second kappa shape index (κ2) is 11.2. The molecule has 12 nitrogen and oxygen atoms in total. The van der Waals surface area contributed by atoms with Gasteiger partial charge in [0.05, 0.1) is 25.3 Å². The molecule has 1 aliphatic heterocycles. The van der Waals surface area contributed by atoms with Gasteiger partial charge in [0.2, 0.25) is 16.0 Å². The Labute approximate surface area is 220 Å². The highest BCUT2D eigenvalue weighted by Gasteiger charge is 2.36. The van der Waals surface area contributed by atoms with Crippen LogP contribution in [0.3, 0.4) is 0 Å². The zero-order chi connectivity index (χ0) is 26.7. The fourth-order valence-electron chi connectivity index (χ4n) is 4.20. The molecule has 4 atom stereocenters. The number of nitrogens with one attached hydrogen (secondary N) is 1. The van der Waals surface area contributed by atoms with Gasteiger partial charge in [-0.3, -0.25) is 9.29 Å². The largest absolute Gasteiger partial charge is 0.494 e. The molecule has 1 aromatic carbocycles. The van der Waals surface area contributed by atoms with E-state index in [2.05, 4.69) is 24.9 Å². The highest BCUT2D eigenvalue weighted by atomic mass is 35.5. The molecule has 0 saturated carbocycles. The first kappa shape index (κ1) is 27.0. The van der Waals surface area contributed by atoms with Gasteiger partial charge < -0.3 is 18.9 Å². The van der Waals surface area contributed by atoms with Crippen LogP contribution in [0.1, 0.15) is 50.5 Å². The van der Waals surface area contributed by atoms with Crippen molar-refractivity contribution in [3.05, 3.63) is 47.3 Å². The van der Waals surface area contributed by atoms with Crippen LogP contribution in [-0.4, -0.2) is 65.8 Å². The third-order valence-electron chi connectivity index (χ3n) is 6.13. The van der Waals surface area contributed by atoms with Crippen LogP contribution in [0, 0.1) is 0 Å². The molecule has 200 valence electrons. The third kappa shape index (κ3) is 5.49. The van der Waals surface area contributed by atoms with E-state index in [1.54, 1.807) is 22.8 Å². The summed E-state index contributed by atoms with van der Waals surface area (Å²) in [6.45, 7) is 3.46. The van der Waals surface area contributed by atoms with Crippen LogP contribution in [-0.2, 0) is 19.5 Å². The van der Waals surface area contributed by atoms with Gasteiger partial charge in [0, 0.05) is 19.5 Å². The first-order chi connectivity index (χ1) is 17.7. The Balaban J connectivity index is 1.78. The topological polar surface area (TPSA) is 140 Å². The second-order valence-corrected chi connectivity index (χ2v) is 11.0. The van der Waals surface area contributed by atoms with Crippen molar-refractivity contribution >= 4 is 27.6 Å². The van der Waals surface area contributed by atoms with Crippen LogP contribution < -0.4 is 14.2 Å². The lowest BCUT2D eigenvalue weighted by Crippen LogP contribution is -2.33. The standard InChI is InChI=1S/C23H29ClN6O6S/c1-13-9-10-18(36-13)22-27-28-23(30(22)19-16(33-3)7-6-8-17(19)34-4)29-37(31,32)14(2)20(35-5)21-25-11-15(24)12-26-21/h6-8,11-14,18,20H,9-10H2,1-5H3,(H,28,29)/t13-,14+,18-,20+/m1/s1. The average molecular weight is 553 g/mol. The number of rotatable bonds is 10. The number of halogens is 1. The molecule has 0 bridgehead atoms. The van der Waals surface area contributed by atoms with Gasteiger partial charge >= 0.3 is 0 Å². The lowest BCUT2D eigenvalue weighted by atomic mass is 10.2. The number of nitrogens with zero attached hydrogens (tertiary/aromatic N) is 5. The minimum absolute atomic E-state index is 0.0247. The smallest absolute Gasteiger partial charge is 0.243 e. The van der Waals surface area contributed by atoms with Crippen LogP contribution in [0.4, 0.5) is 5.95 Å². The van der Waals surface area contributed by atoms with E-state index in [-0.39, 0.29) is 17.9 Å². The van der Waals surface area contributed by atoms with Crippen molar-refractivity contribution in [2.75, 3.05) is 26.1 Å². The summed E-state index contributed by atoms with van der Waals surface area (Å²) in [6, 6.07) is 5.24.